The fraction of sp³-hybridized carbons (Fsp3) is 0.211. The summed E-state index contributed by atoms with van der Waals surface area (Å²) in [5.41, 5.74) is 2.17. The molecule has 0 radical (unpaired) electrons. The molecule has 1 aromatic heterocycles. The number of aromatic nitrogens is 2. The number of nitrogens with one attached hydrogen (secondary N) is 2. The molecule has 0 saturated heterocycles. The largest absolute Gasteiger partial charge is 0.341 e. The topological polar surface area (TPSA) is 74.8 Å². The lowest BCUT2D eigenvalue weighted by molar-refractivity contribution is 0.537. The van der Waals surface area contributed by atoms with E-state index in [4.69, 9.17) is 0 Å². The molecule has 0 aliphatic rings. The van der Waals surface area contributed by atoms with E-state index in [1.54, 1.807) is 13.1 Å². The van der Waals surface area contributed by atoms with Crippen molar-refractivity contribution in [3.05, 3.63) is 71.9 Å². The number of H-pyrrole nitrogens is 1. The van der Waals surface area contributed by atoms with Gasteiger partial charge < -0.3 is 4.98 Å². The quantitative estimate of drug-likeness (QED) is 0.687. The summed E-state index contributed by atoms with van der Waals surface area (Å²) in [4.78, 5) is 7.38. The van der Waals surface area contributed by atoms with E-state index in [0.29, 0.717) is 17.8 Å². The zero-order valence-corrected chi connectivity index (χ0v) is 15.3. The maximum atomic E-state index is 13.7. The summed E-state index contributed by atoms with van der Waals surface area (Å²) >= 11 is 0. The van der Waals surface area contributed by atoms with E-state index >= 15 is 0 Å². The first-order valence-electron chi connectivity index (χ1n) is 8.29. The number of sulfonamides is 1. The van der Waals surface area contributed by atoms with Crippen molar-refractivity contribution in [2.24, 2.45) is 0 Å². The molecule has 0 aliphatic carbocycles. The summed E-state index contributed by atoms with van der Waals surface area (Å²) in [7, 11) is -3.86. The number of nitrogens with zero attached hydrogens (tertiary/aromatic N) is 1. The highest BCUT2D eigenvalue weighted by Gasteiger charge is 2.23. The van der Waals surface area contributed by atoms with Gasteiger partial charge >= 0.3 is 0 Å². The van der Waals surface area contributed by atoms with Gasteiger partial charge in [0.25, 0.3) is 0 Å². The smallest absolute Gasteiger partial charge is 0.241 e. The first-order chi connectivity index (χ1) is 12.4. The van der Waals surface area contributed by atoms with Crippen LogP contribution >= 0.6 is 0 Å². The van der Waals surface area contributed by atoms with E-state index in [1.165, 1.54) is 12.1 Å². The zero-order valence-electron chi connectivity index (χ0n) is 14.5. The molecular formula is C19H20FN3O2S. The van der Waals surface area contributed by atoms with E-state index in [-0.39, 0.29) is 4.90 Å². The molecule has 0 fully saturated rings. The van der Waals surface area contributed by atoms with E-state index in [0.717, 1.165) is 17.3 Å². The predicted octanol–water partition coefficient (Wildman–Crippen LogP) is 3.95. The first kappa shape index (κ1) is 18.3. The third-order valence-corrected chi connectivity index (χ3v) is 5.64. The van der Waals surface area contributed by atoms with Crippen LogP contribution in [0.3, 0.4) is 0 Å². The van der Waals surface area contributed by atoms with Crippen LogP contribution in [0.4, 0.5) is 4.39 Å². The number of imidazole rings is 1. The average molecular weight is 373 g/mol. The fourth-order valence-electron chi connectivity index (χ4n) is 2.61. The third-order valence-electron chi connectivity index (χ3n) is 4.17. The summed E-state index contributed by atoms with van der Waals surface area (Å²) in [6.07, 6.45) is 2.17. The van der Waals surface area contributed by atoms with Crippen molar-refractivity contribution in [2.75, 3.05) is 0 Å². The monoisotopic (exact) mass is 373 g/mol. The Balaban J connectivity index is 1.85. The highest BCUT2D eigenvalue weighted by molar-refractivity contribution is 7.89. The molecule has 7 heteroatoms. The first-order valence-corrected chi connectivity index (χ1v) is 9.78. The SMILES string of the molecule is CCC(NS(=O)(=O)c1ccc(C)c(F)c1)c1ncc(-c2ccccc2)[nH]1. The van der Waals surface area contributed by atoms with Crippen LogP contribution in [0.2, 0.25) is 0 Å². The van der Waals surface area contributed by atoms with Crippen LogP contribution in [0.5, 0.6) is 0 Å². The van der Waals surface area contributed by atoms with Crippen LogP contribution < -0.4 is 4.72 Å². The van der Waals surface area contributed by atoms with Crippen molar-refractivity contribution < 1.29 is 12.8 Å². The van der Waals surface area contributed by atoms with Gasteiger partial charge in [-0.05, 0) is 36.6 Å². The summed E-state index contributed by atoms with van der Waals surface area (Å²) in [6.45, 7) is 3.44. The van der Waals surface area contributed by atoms with Crippen LogP contribution in [0.1, 0.15) is 30.8 Å². The van der Waals surface area contributed by atoms with Gasteiger partial charge in [-0.1, -0.05) is 43.3 Å². The molecule has 2 N–H and O–H groups in total. The molecule has 0 saturated carbocycles. The van der Waals surface area contributed by atoms with Crippen molar-refractivity contribution >= 4 is 10.0 Å². The van der Waals surface area contributed by atoms with Gasteiger partial charge in [-0.25, -0.2) is 22.5 Å². The van der Waals surface area contributed by atoms with Gasteiger partial charge in [0.15, 0.2) is 0 Å². The van der Waals surface area contributed by atoms with Gasteiger partial charge in [-0.3, -0.25) is 0 Å². The molecule has 1 unspecified atom stereocenters. The second-order valence-electron chi connectivity index (χ2n) is 6.04. The molecular weight excluding hydrogens is 353 g/mol. The average Bonchev–Trinajstić information content (AvgIpc) is 3.12. The van der Waals surface area contributed by atoms with Crippen molar-refractivity contribution in [3.8, 4) is 11.3 Å². The molecule has 1 atom stereocenters. The van der Waals surface area contributed by atoms with Crippen molar-refractivity contribution in [1.82, 2.24) is 14.7 Å². The molecule has 5 nitrogen and oxygen atoms in total. The standard InChI is InChI=1S/C19H20FN3O2S/c1-3-17(19-21-12-18(22-19)14-7-5-4-6-8-14)23-26(24,25)15-10-9-13(2)16(20)11-15/h4-12,17,23H,3H2,1-2H3,(H,21,22). The number of rotatable bonds is 6. The molecule has 3 aromatic rings. The van der Waals surface area contributed by atoms with Crippen LogP contribution in [-0.4, -0.2) is 18.4 Å². The predicted molar refractivity (Wildman–Crippen MR) is 98.5 cm³/mol. The lowest BCUT2D eigenvalue weighted by Crippen LogP contribution is -2.29. The Bertz CT molecular complexity index is 1000. The molecule has 2 aromatic carbocycles. The Labute approximate surface area is 152 Å². The molecule has 0 spiro atoms. The van der Waals surface area contributed by atoms with Crippen molar-refractivity contribution in [3.63, 3.8) is 0 Å². The maximum absolute atomic E-state index is 13.7. The number of benzene rings is 2. The third kappa shape index (κ3) is 3.84. The van der Waals surface area contributed by atoms with Gasteiger partial charge in [-0.15, -0.1) is 0 Å². The Hall–Kier alpha value is -2.51. The second kappa shape index (κ2) is 7.39. The van der Waals surface area contributed by atoms with E-state index in [2.05, 4.69) is 14.7 Å². The van der Waals surface area contributed by atoms with E-state index in [1.807, 2.05) is 37.3 Å². The zero-order chi connectivity index (χ0) is 18.7. The minimum Gasteiger partial charge on any atom is -0.341 e. The van der Waals surface area contributed by atoms with Crippen LogP contribution in [0.15, 0.2) is 59.6 Å². The summed E-state index contributed by atoms with van der Waals surface area (Å²) in [5, 5.41) is 0. The number of hydrogen-bond acceptors (Lipinski definition) is 3. The Morgan fingerprint density at radius 3 is 2.58 bits per heavy atom. The normalized spacial score (nSPS) is 12.9. The van der Waals surface area contributed by atoms with Crippen molar-refractivity contribution in [2.45, 2.75) is 31.2 Å². The maximum Gasteiger partial charge on any atom is 0.241 e. The van der Waals surface area contributed by atoms with Gasteiger partial charge in [0.05, 0.1) is 22.8 Å². The molecule has 1 heterocycles. The van der Waals surface area contributed by atoms with Gasteiger partial charge in [0, 0.05) is 0 Å². The summed E-state index contributed by atoms with van der Waals surface area (Å²) in [5.74, 6) is -0.0344. The summed E-state index contributed by atoms with van der Waals surface area (Å²) in [6, 6.07) is 13.0. The van der Waals surface area contributed by atoms with Crippen molar-refractivity contribution in [1.29, 1.82) is 0 Å². The fourth-order valence-corrected chi connectivity index (χ4v) is 3.90. The highest BCUT2D eigenvalue weighted by Crippen LogP contribution is 2.23. The number of hydrogen-bond donors (Lipinski definition) is 2. The summed E-state index contributed by atoms with van der Waals surface area (Å²) < 4.78 is 41.5. The minimum atomic E-state index is -3.86. The number of aromatic amines is 1. The molecule has 3 rings (SSSR count). The molecule has 0 amide bonds. The van der Waals surface area contributed by atoms with Crippen LogP contribution in [0.25, 0.3) is 11.3 Å². The van der Waals surface area contributed by atoms with Crippen LogP contribution in [-0.2, 0) is 10.0 Å². The molecule has 26 heavy (non-hydrogen) atoms. The van der Waals surface area contributed by atoms with E-state index < -0.39 is 21.9 Å². The van der Waals surface area contributed by atoms with E-state index in [9.17, 15) is 12.8 Å². The number of halogens is 1. The van der Waals surface area contributed by atoms with Gasteiger partial charge in [0.1, 0.15) is 11.6 Å². The second-order valence-corrected chi connectivity index (χ2v) is 7.76. The van der Waals surface area contributed by atoms with Crippen LogP contribution in [0, 0.1) is 12.7 Å². The number of aryl methyl sites for hydroxylation is 1. The molecule has 0 aliphatic heterocycles. The Morgan fingerprint density at radius 1 is 1.19 bits per heavy atom. The Morgan fingerprint density at radius 2 is 1.92 bits per heavy atom. The lowest BCUT2D eigenvalue weighted by Gasteiger charge is -2.15. The Kier molecular flexibility index (Phi) is 5.20. The molecule has 136 valence electrons. The highest BCUT2D eigenvalue weighted by atomic mass is 32.2. The minimum absolute atomic E-state index is 0.103. The lowest BCUT2D eigenvalue weighted by atomic mass is 10.2. The molecule has 0 bridgehead atoms. The van der Waals surface area contributed by atoms with Gasteiger partial charge in [-0.2, -0.15) is 0 Å². The van der Waals surface area contributed by atoms with Gasteiger partial charge in [0.2, 0.25) is 10.0 Å².